The van der Waals surface area contributed by atoms with Crippen molar-refractivity contribution in [1.82, 2.24) is 0 Å². The van der Waals surface area contributed by atoms with Crippen LogP contribution in [0.2, 0.25) is 0 Å². The first-order valence-electron chi connectivity index (χ1n) is 6.10. The fourth-order valence-electron chi connectivity index (χ4n) is 2.60. The zero-order valence-electron chi connectivity index (χ0n) is 9.60. The highest BCUT2D eigenvalue weighted by Crippen LogP contribution is 2.61. The lowest BCUT2D eigenvalue weighted by atomic mass is 10.0. The van der Waals surface area contributed by atoms with Crippen molar-refractivity contribution in [3.8, 4) is 0 Å². The second-order valence-corrected chi connectivity index (χ2v) is 5.32. The van der Waals surface area contributed by atoms with Gasteiger partial charge in [0.15, 0.2) is 11.6 Å². The Labute approximate surface area is 99.2 Å². The number of nitrogens with one attached hydrogen (secondary N) is 1. The molecule has 0 heterocycles. The van der Waals surface area contributed by atoms with Gasteiger partial charge in [0, 0.05) is 6.54 Å². The summed E-state index contributed by atoms with van der Waals surface area (Å²) in [6, 6.07) is 2.46. The molecule has 1 aromatic rings. The molecule has 2 aliphatic rings. The van der Waals surface area contributed by atoms with Crippen LogP contribution >= 0.6 is 0 Å². The highest BCUT2D eigenvalue weighted by atomic mass is 19.2. The molecule has 2 aliphatic carbocycles. The van der Waals surface area contributed by atoms with Gasteiger partial charge in [0.1, 0.15) is 0 Å². The molecular weight excluding hydrogens is 222 g/mol. The number of hydrogen-bond donors (Lipinski definition) is 2. The van der Waals surface area contributed by atoms with Crippen LogP contribution in [0.1, 0.15) is 25.7 Å². The van der Waals surface area contributed by atoms with Crippen LogP contribution < -0.4 is 11.1 Å². The van der Waals surface area contributed by atoms with Crippen molar-refractivity contribution in [1.29, 1.82) is 0 Å². The summed E-state index contributed by atoms with van der Waals surface area (Å²) >= 11 is 0. The van der Waals surface area contributed by atoms with Crippen molar-refractivity contribution in [3.63, 3.8) is 0 Å². The van der Waals surface area contributed by atoms with Crippen molar-refractivity contribution >= 4 is 11.4 Å². The van der Waals surface area contributed by atoms with Gasteiger partial charge in [0.2, 0.25) is 0 Å². The maximum Gasteiger partial charge on any atom is 0.183 e. The van der Waals surface area contributed by atoms with E-state index in [1.807, 2.05) is 0 Å². The van der Waals surface area contributed by atoms with Gasteiger partial charge >= 0.3 is 0 Å². The maximum absolute atomic E-state index is 13.6. The average Bonchev–Trinajstić information content (AvgIpc) is 3.15. The van der Waals surface area contributed by atoms with Gasteiger partial charge < -0.3 is 11.1 Å². The SMILES string of the molecule is Nc1ccc(F)c(F)c1NCC1(C2CC2)CC1. The molecule has 3 N–H and O–H groups in total. The predicted molar refractivity (Wildman–Crippen MR) is 63.7 cm³/mol. The third-order valence-corrected chi connectivity index (χ3v) is 4.08. The lowest BCUT2D eigenvalue weighted by Crippen LogP contribution is -2.19. The van der Waals surface area contributed by atoms with Gasteiger partial charge in [-0.1, -0.05) is 0 Å². The monoisotopic (exact) mass is 238 g/mol. The van der Waals surface area contributed by atoms with E-state index in [9.17, 15) is 8.78 Å². The van der Waals surface area contributed by atoms with Crippen molar-refractivity contribution in [2.75, 3.05) is 17.6 Å². The molecule has 1 aromatic carbocycles. The van der Waals surface area contributed by atoms with E-state index < -0.39 is 11.6 Å². The molecular formula is C13H16F2N2. The lowest BCUT2D eigenvalue weighted by Gasteiger charge is -2.17. The third-order valence-electron chi connectivity index (χ3n) is 4.08. The van der Waals surface area contributed by atoms with Crippen molar-refractivity contribution in [2.45, 2.75) is 25.7 Å². The summed E-state index contributed by atoms with van der Waals surface area (Å²) in [6.45, 7) is 0.711. The Morgan fingerprint density at radius 2 is 2.00 bits per heavy atom. The number of nitrogens with two attached hydrogens (primary N) is 1. The van der Waals surface area contributed by atoms with Gasteiger partial charge in [-0.25, -0.2) is 8.78 Å². The van der Waals surface area contributed by atoms with Crippen molar-refractivity contribution in [2.24, 2.45) is 11.3 Å². The van der Waals surface area contributed by atoms with Crippen LogP contribution in [0, 0.1) is 23.0 Å². The number of nitrogen functional groups attached to an aromatic ring is 1. The number of halogens is 2. The van der Waals surface area contributed by atoms with Gasteiger partial charge in [-0.15, -0.1) is 0 Å². The molecule has 0 aliphatic heterocycles. The second-order valence-electron chi connectivity index (χ2n) is 5.32. The van der Waals surface area contributed by atoms with Gasteiger partial charge in [0.05, 0.1) is 11.4 Å². The van der Waals surface area contributed by atoms with E-state index >= 15 is 0 Å². The fraction of sp³-hybridized carbons (Fsp3) is 0.538. The summed E-state index contributed by atoms with van der Waals surface area (Å²) in [5, 5.41) is 3.01. The number of anilines is 2. The average molecular weight is 238 g/mol. The molecule has 2 saturated carbocycles. The normalized spacial score (nSPS) is 21.3. The van der Waals surface area contributed by atoms with Crippen LogP contribution in [0.5, 0.6) is 0 Å². The summed E-state index contributed by atoms with van der Waals surface area (Å²) < 4.78 is 26.7. The smallest absolute Gasteiger partial charge is 0.183 e. The van der Waals surface area contributed by atoms with Crippen LogP contribution in [0.4, 0.5) is 20.2 Å². The summed E-state index contributed by atoms with van der Waals surface area (Å²) in [5.74, 6) is -0.928. The lowest BCUT2D eigenvalue weighted by molar-refractivity contribution is 0.463. The highest BCUT2D eigenvalue weighted by Gasteiger charge is 2.53. The zero-order valence-corrected chi connectivity index (χ0v) is 9.60. The Kier molecular flexibility index (Phi) is 2.28. The van der Waals surface area contributed by atoms with Crippen LogP contribution in [0.3, 0.4) is 0 Å². The standard InChI is InChI=1S/C13H16F2N2/c14-9-3-4-10(16)12(11(9)15)17-7-13(5-6-13)8-1-2-8/h3-4,8,17H,1-2,5-7,16H2. The molecule has 0 spiro atoms. The molecule has 2 fully saturated rings. The topological polar surface area (TPSA) is 38.0 Å². The molecule has 92 valence electrons. The first kappa shape index (κ1) is 10.8. The summed E-state index contributed by atoms with van der Waals surface area (Å²) in [6.07, 6.45) is 4.95. The molecule has 17 heavy (non-hydrogen) atoms. The molecule has 0 bridgehead atoms. The molecule has 0 saturated heterocycles. The Morgan fingerprint density at radius 3 is 2.59 bits per heavy atom. The van der Waals surface area contributed by atoms with E-state index in [1.165, 1.54) is 31.7 Å². The van der Waals surface area contributed by atoms with Gasteiger partial charge in [0.25, 0.3) is 0 Å². The molecule has 0 atom stereocenters. The summed E-state index contributed by atoms with van der Waals surface area (Å²) in [7, 11) is 0. The fourth-order valence-corrected chi connectivity index (χ4v) is 2.60. The minimum Gasteiger partial charge on any atom is -0.397 e. The maximum atomic E-state index is 13.6. The van der Waals surface area contributed by atoms with E-state index in [2.05, 4.69) is 5.32 Å². The van der Waals surface area contributed by atoms with E-state index in [0.717, 1.165) is 12.0 Å². The molecule has 2 nitrogen and oxygen atoms in total. The summed E-state index contributed by atoms with van der Waals surface area (Å²) in [5.41, 5.74) is 6.40. The Morgan fingerprint density at radius 1 is 1.29 bits per heavy atom. The molecule has 3 rings (SSSR count). The molecule has 0 amide bonds. The van der Waals surface area contributed by atoms with Gasteiger partial charge in [-0.3, -0.25) is 0 Å². The first-order valence-corrected chi connectivity index (χ1v) is 6.10. The predicted octanol–water partition coefficient (Wildman–Crippen LogP) is 3.15. The highest BCUT2D eigenvalue weighted by molar-refractivity contribution is 5.67. The van der Waals surface area contributed by atoms with E-state index in [0.29, 0.717) is 12.0 Å². The number of hydrogen-bond acceptors (Lipinski definition) is 2. The Bertz CT molecular complexity index is 451. The Balaban J connectivity index is 1.74. The minimum absolute atomic E-state index is 0.122. The molecule has 4 heteroatoms. The van der Waals surface area contributed by atoms with Crippen molar-refractivity contribution in [3.05, 3.63) is 23.8 Å². The second kappa shape index (κ2) is 3.59. The minimum atomic E-state index is -0.864. The first-order chi connectivity index (χ1) is 8.12. The molecule has 0 unspecified atom stereocenters. The zero-order chi connectivity index (χ0) is 12.0. The van der Waals surface area contributed by atoms with E-state index in [-0.39, 0.29) is 11.4 Å². The third kappa shape index (κ3) is 1.85. The number of rotatable bonds is 4. The van der Waals surface area contributed by atoms with Crippen LogP contribution in [0.25, 0.3) is 0 Å². The van der Waals surface area contributed by atoms with Crippen molar-refractivity contribution < 1.29 is 8.78 Å². The van der Waals surface area contributed by atoms with E-state index in [4.69, 9.17) is 5.73 Å². The van der Waals surface area contributed by atoms with Gasteiger partial charge in [-0.2, -0.15) is 0 Å². The van der Waals surface area contributed by atoms with Crippen LogP contribution in [-0.2, 0) is 0 Å². The molecule has 0 radical (unpaired) electrons. The van der Waals surface area contributed by atoms with E-state index in [1.54, 1.807) is 0 Å². The molecule has 0 aromatic heterocycles. The van der Waals surface area contributed by atoms with Gasteiger partial charge in [-0.05, 0) is 49.1 Å². The Hall–Kier alpha value is -1.32. The largest absolute Gasteiger partial charge is 0.397 e. The van der Waals surface area contributed by atoms with Crippen LogP contribution in [-0.4, -0.2) is 6.54 Å². The number of benzene rings is 1. The quantitative estimate of drug-likeness (QED) is 0.791. The van der Waals surface area contributed by atoms with Crippen LogP contribution in [0.15, 0.2) is 12.1 Å². The summed E-state index contributed by atoms with van der Waals surface area (Å²) in [4.78, 5) is 0.